The van der Waals surface area contributed by atoms with E-state index >= 15 is 0 Å². The monoisotopic (exact) mass is 401 g/mol. The van der Waals surface area contributed by atoms with Gasteiger partial charge >= 0.3 is 12.1 Å². The molecule has 0 heterocycles. The summed E-state index contributed by atoms with van der Waals surface area (Å²) in [7, 11) is 0. The Hall–Kier alpha value is -1.22. The lowest BCUT2D eigenvalue weighted by Crippen LogP contribution is -2.59. The van der Waals surface area contributed by atoms with Gasteiger partial charge in [0.1, 0.15) is 5.54 Å². The van der Waals surface area contributed by atoms with Crippen LogP contribution in [0.3, 0.4) is 0 Å². The number of carboxylic acid groups (broad SMARTS) is 1. The number of hydrogen-bond donors (Lipinski definition) is 5. The van der Waals surface area contributed by atoms with Crippen LogP contribution < -0.4 is 16.8 Å². The lowest BCUT2D eigenvalue weighted by Gasteiger charge is -2.29. The molecule has 0 radical (unpaired) electrons. The number of aliphatic hydroxyl groups excluding tert-OH is 1. The van der Waals surface area contributed by atoms with E-state index < -0.39 is 29.6 Å². The van der Waals surface area contributed by atoms with Gasteiger partial charge in [-0.1, -0.05) is 6.42 Å². The second-order valence-electron chi connectivity index (χ2n) is 6.02. The number of aliphatic carboxylic acids is 1. The molecule has 0 aliphatic heterocycles. The lowest BCUT2D eigenvalue weighted by atomic mass is 9.91. The molecule has 0 aromatic rings. The molecule has 25 heavy (non-hydrogen) atoms. The molecule has 2 aliphatic carbocycles. The number of unbranched alkanes of at least 4 members (excludes halogenated alkanes) is 1. The Bertz CT molecular complexity index is 489. The molecule has 11 heteroatoms. The van der Waals surface area contributed by atoms with Crippen LogP contribution in [0.25, 0.3) is 0 Å². The number of nitrogens with one attached hydrogen (secondary N) is 1. The van der Waals surface area contributed by atoms with Crippen LogP contribution in [0.15, 0.2) is 0 Å². The van der Waals surface area contributed by atoms with Crippen LogP contribution in [0, 0.1) is 11.8 Å². The number of carbonyl (C=O) groups is 2. The predicted octanol–water partition coefficient (Wildman–Crippen LogP) is -0.957. The van der Waals surface area contributed by atoms with Crippen molar-refractivity contribution in [2.75, 3.05) is 6.54 Å². The molecule has 2 fully saturated rings. The third-order valence-electron chi connectivity index (χ3n) is 4.53. The second kappa shape index (κ2) is 11.4. The molecule has 2 rings (SSSR count). The van der Waals surface area contributed by atoms with Gasteiger partial charge in [0.2, 0.25) is 5.91 Å². The van der Waals surface area contributed by atoms with E-state index in [0.29, 0.717) is 19.4 Å². The summed E-state index contributed by atoms with van der Waals surface area (Å²) >= 11 is 0. The fraction of sp³-hybridized carbons (Fsp3) is 0.786. The minimum atomic E-state index is -1.34. The predicted molar refractivity (Wildman–Crippen MR) is 91.1 cm³/mol. The first-order chi connectivity index (χ1) is 10.8. The SMILES string of the molecule is Cl.Cl.NCCCC[C@H](N)C(=O)N[C@@]1(C(=O)O)C[C@H](O)[C@H]2C[C@H]21.O=C=O. The van der Waals surface area contributed by atoms with Gasteiger partial charge in [0.05, 0.1) is 12.1 Å². The van der Waals surface area contributed by atoms with Crippen molar-refractivity contribution in [3.8, 4) is 0 Å². The number of amides is 1. The van der Waals surface area contributed by atoms with Crippen molar-refractivity contribution in [2.45, 2.75) is 49.8 Å². The van der Waals surface area contributed by atoms with Crippen LogP contribution in [0.2, 0.25) is 0 Å². The Morgan fingerprint density at radius 3 is 2.20 bits per heavy atom. The summed E-state index contributed by atoms with van der Waals surface area (Å²) in [4.78, 5) is 39.9. The lowest BCUT2D eigenvalue weighted by molar-refractivity contribution is -0.191. The first-order valence-electron chi connectivity index (χ1n) is 7.52. The van der Waals surface area contributed by atoms with Crippen molar-refractivity contribution in [1.82, 2.24) is 5.32 Å². The highest BCUT2D eigenvalue weighted by Crippen LogP contribution is 2.57. The van der Waals surface area contributed by atoms with E-state index in [-0.39, 0.29) is 49.2 Å². The summed E-state index contributed by atoms with van der Waals surface area (Å²) in [5.41, 5.74) is 9.82. The molecule has 0 spiro atoms. The highest BCUT2D eigenvalue weighted by molar-refractivity contribution is 5.90. The number of fused-ring (bicyclic) bond motifs is 1. The average molecular weight is 402 g/mol. The molecule has 146 valence electrons. The summed E-state index contributed by atoms with van der Waals surface area (Å²) in [6, 6.07) is -0.729. The van der Waals surface area contributed by atoms with Crippen molar-refractivity contribution >= 4 is 42.8 Å². The highest BCUT2D eigenvalue weighted by atomic mass is 35.5. The minimum Gasteiger partial charge on any atom is -0.479 e. The number of aliphatic hydroxyl groups is 1. The summed E-state index contributed by atoms with van der Waals surface area (Å²) in [5.74, 6) is -1.71. The van der Waals surface area contributed by atoms with E-state index in [4.69, 9.17) is 21.1 Å². The molecule has 2 aliphatic rings. The normalized spacial score (nSPS) is 29.3. The third kappa shape index (κ3) is 6.22. The van der Waals surface area contributed by atoms with E-state index in [1.165, 1.54) is 0 Å². The smallest absolute Gasteiger partial charge is 0.373 e. The van der Waals surface area contributed by atoms with E-state index in [9.17, 15) is 19.8 Å². The van der Waals surface area contributed by atoms with Crippen LogP contribution in [0.1, 0.15) is 32.1 Å². The van der Waals surface area contributed by atoms with E-state index in [0.717, 1.165) is 12.8 Å². The Balaban J connectivity index is 0. The van der Waals surface area contributed by atoms with Gasteiger partial charge in [0, 0.05) is 6.42 Å². The van der Waals surface area contributed by atoms with Crippen molar-refractivity contribution in [3.05, 3.63) is 0 Å². The van der Waals surface area contributed by atoms with Gasteiger partial charge in [0.15, 0.2) is 0 Å². The topological polar surface area (TPSA) is 173 Å². The number of hydrogen-bond acceptors (Lipinski definition) is 7. The molecule has 2 saturated carbocycles. The van der Waals surface area contributed by atoms with Gasteiger partial charge < -0.3 is 27.0 Å². The minimum absolute atomic E-state index is 0. The molecule has 0 aromatic heterocycles. The van der Waals surface area contributed by atoms with Gasteiger partial charge in [-0.15, -0.1) is 24.8 Å². The van der Waals surface area contributed by atoms with Crippen LogP contribution >= 0.6 is 24.8 Å². The zero-order valence-corrected chi connectivity index (χ0v) is 15.2. The van der Waals surface area contributed by atoms with Crippen molar-refractivity contribution in [1.29, 1.82) is 0 Å². The maximum atomic E-state index is 12.1. The van der Waals surface area contributed by atoms with E-state index in [1.54, 1.807) is 0 Å². The number of rotatable bonds is 7. The number of nitrogens with two attached hydrogens (primary N) is 2. The molecule has 7 N–H and O–H groups in total. The molecular weight excluding hydrogens is 377 g/mol. The number of halogens is 2. The standard InChI is InChI=1S/C13H23N3O4.CO2.2ClH/c14-4-2-1-3-9(15)11(18)16-13(12(19)20)6-10(17)7-5-8(7)13;2-1-3;;/h7-10,17H,1-6,14-15H2,(H,16,18)(H,19,20);;2*1H/t7-,8+,9-,10-,13-;;;/m0.../s1. The quantitative estimate of drug-likeness (QED) is 0.339. The van der Waals surface area contributed by atoms with E-state index in [2.05, 4.69) is 5.32 Å². The molecule has 5 atom stereocenters. The Labute approximate surface area is 157 Å². The average Bonchev–Trinajstić information content (AvgIpc) is 3.23. The maximum absolute atomic E-state index is 12.1. The second-order valence-corrected chi connectivity index (χ2v) is 6.02. The number of carbonyl (C=O) groups excluding carboxylic acids is 3. The molecule has 0 saturated heterocycles. The largest absolute Gasteiger partial charge is 0.479 e. The fourth-order valence-electron chi connectivity index (χ4n) is 3.23. The summed E-state index contributed by atoms with van der Waals surface area (Å²) < 4.78 is 0. The van der Waals surface area contributed by atoms with Crippen LogP contribution in [0.5, 0.6) is 0 Å². The van der Waals surface area contributed by atoms with E-state index in [1.807, 2.05) is 0 Å². The summed E-state index contributed by atoms with van der Waals surface area (Å²) in [6.45, 7) is 0.545. The number of carboxylic acids is 1. The first-order valence-corrected chi connectivity index (χ1v) is 7.52. The first kappa shape index (κ1) is 26.0. The van der Waals surface area contributed by atoms with Crippen molar-refractivity contribution < 1.29 is 29.4 Å². The molecule has 9 nitrogen and oxygen atoms in total. The Kier molecular flexibility index (Phi) is 11.9. The van der Waals surface area contributed by atoms with Gasteiger partial charge in [-0.05, 0) is 37.6 Å². The van der Waals surface area contributed by atoms with Gasteiger partial charge in [-0.2, -0.15) is 9.59 Å². The van der Waals surface area contributed by atoms with Crippen molar-refractivity contribution in [3.63, 3.8) is 0 Å². The molecule has 0 bridgehead atoms. The molecular formula is C14H25Cl2N3O6. The Morgan fingerprint density at radius 1 is 1.28 bits per heavy atom. The summed E-state index contributed by atoms with van der Waals surface area (Å²) in [5, 5.41) is 21.8. The zero-order valence-electron chi connectivity index (χ0n) is 13.6. The zero-order chi connectivity index (χ0) is 17.6. The van der Waals surface area contributed by atoms with Crippen LogP contribution in [-0.2, 0) is 19.2 Å². The molecule has 0 aromatic carbocycles. The van der Waals surface area contributed by atoms with Gasteiger partial charge in [-0.3, -0.25) is 4.79 Å². The van der Waals surface area contributed by atoms with Crippen LogP contribution in [0.4, 0.5) is 0 Å². The van der Waals surface area contributed by atoms with Crippen molar-refractivity contribution in [2.24, 2.45) is 23.3 Å². The molecule has 0 unspecified atom stereocenters. The Morgan fingerprint density at radius 2 is 1.84 bits per heavy atom. The fourth-order valence-corrected chi connectivity index (χ4v) is 3.23. The van der Waals surface area contributed by atoms with Gasteiger partial charge in [-0.25, -0.2) is 4.79 Å². The van der Waals surface area contributed by atoms with Crippen LogP contribution in [-0.4, -0.2) is 52.5 Å². The maximum Gasteiger partial charge on any atom is 0.373 e. The molecule has 1 amide bonds. The van der Waals surface area contributed by atoms with Gasteiger partial charge in [0.25, 0.3) is 0 Å². The summed E-state index contributed by atoms with van der Waals surface area (Å²) in [6.07, 6.45) is 2.32. The highest BCUT2D eigenvalue weighted by Gasteiger charge is 2.67. The third-order valence-corrected chi connectivity index (χ3v) is 4.53.